The average molecular weight is 100 g/mol. The lowest BCUT2D eigenvalue weighted by Crippen LogP contribution is -1.68. The molecular weight excluding hydrogens is 92.1 g/mol. The lowest BCUT2D eigenvalue weighted by Gasteiger charge is -1.81. The highest BCUT2D eigenvalue weighted by Gasteiger charge is 2.41. The topological polar surface area (TPSA) is 0 Å². The molecule has 2 atom stereocenters. The summed E-state index contributed by atoms with van der Waals surface area (Å²) in [5, 5.41) is 1.13. The molecule has 1 saturated carbocycles. The number of hydrogen-bond acceptors (Lipinski definition) is 1. The van der Waals surface area contributed by atoms with Crippen LogP contribution < -0.4 is 0 Å². The van der Waals surface area contributed by atoms with Crippen LogP contribution in [0, 0.1) is 5.92 Å². The predicted octanol–water partition coefficient (Wildman–Crippen LogP) is 1.51. The Morgan fingerprint density at radius 3 is 2.67 bits per heavy atom. The van der Waals surface area contributed by atoms with Crippen molar-refractivity contribution < 1.29 is 0 Å². The maximum absolute atomic E-state index is 2.17. The van der Waals surface area contributed by atoms with E-state index in [-0.39, 0.29) is 0 Å². The van der Waals surface area contributed by atoms with Gasteiger partial charge in [0, 0.05) is 5.25 Å². The van der Waals surface area contributed by atoms with E-state index in [9.17, 15) is 0 Å². The average Bonchev–Trinajstić information content (AvgIpc) is 2.17. The van der Waals surface area contributed by atoms with Crippen LogP contribution in [0.15, 0.2) is 0 Å². The van der Waals surface area contributed by atoms with Crippen molar-refractivity contribution >= 4 is 11.8 Å². The highest BCUT2D eigenvalue weighted by Crippen LogP contribution is 2.50. The summed E-state index contributed by atoms with van der Waals surface area (Å²) in [4.78, 5) is 0. The number of fused-ring (bicyclic) bond motifs is 1. The number of hydrogen-bond donors (Lipinski definition) is 0. The highest BCUT2D eigenvalue weighted by molar-refractivity contribution is 8.00. The van der Waals surface area contributed by atoms with Crippen molar-refractivity contribution in [3.63, 3.8) is 0 Å². The van der Waals surface area contributed by atoms with E-state index in [2.05, 4.69) is 11.8 Å². The molecule has 34 valence electrons. The van der Waals surface area contributed by atoms with Crippen molar-refractivity contribution in [2.45, 2.75) is 18.1 Å². The SMILES string of the molecule is C1C[C@H]2CC2S1. The van der Waals surface area contributed by atoms with Gasteiger partial charge in [0.2, 0.25) is 0 Å². The lowest BCUT2D eigenvalue weighted by atomic mass is 10.3. The molecule has 1 saturated heterocycles. The van der Waals surface area contributed by atoms with E-state index in [0.717, 1.165) is 5.25 Å². The van der Waals surface area contributed by atoms with Gasteiger partial charge in [-0.15, -0.1) is 0 Å². The Morgan fingerprint density at radius 1 is 1.50 bits per heavy atom. The van der Waals surface area contributed by atoms with Gasteiger partial charge in [-0.05, 0) is 24.5 Å². The molecule has 0 bridgehead atoms. The predicted molar refractivity (Wildman–Crippen MR) is 29.0 cm³/mol. The molecule has 6 heavy (non-hydrogen) atoms. The summed E-state index contributed by atoms with van der Waals surface area (Å²) >= 11 is 2.17. The van der Waals surface area contributed by atoms with Gasteiger partial charge in [-0.1, -0.05) is 0 Å². The summed E-state index contributed by atoms with van der Waals surface area (Å²) < 4.78 is 0. The van der Waals surface area contributed by atoms with Gasteiger partial charge in [-0.2, -0.15) is 11.8 Å². The summed E-state index contributed by atoms with van der Waals surface area (Å²) in [6.45, 7) is 0. The summed E-state index contributed by atoms with van der Waals surface area (Å²) in [6, 6.07) is 0. The minimum atomic E-state index is 1.13. The molecule has 0 N–H and O–H groups in total. The van der Waals surface area contributed by atoms with E-state index in [4.69, 9.17) is 0 Å². The van der Waals surface area contributed by atoms with Crippen LogP contribution in [0.5, 0.6) is 0 Å². The molecular formula is C5H8S. The van der Waals surface area contributed by atoms with Crippen LogP contribution in [-0.4, -0.2) is 11.0 Å². The van der Waals surface area contributed by atoms with Gasteiger partial charge in [-0.3, -0.25) is 0 Å². The molecule has 2 fully saturated rings. The normalized spacial score (nSPS) is 52.0. The third kappa shape index (κ3) is 0.320. The Hall–Kier alpha value is 0.350. The first kappa shape index (κ1) is 3.36. The zero-order chi connectivity index (χ0) is 3.98. The van der Waals surface area contributed by atoms with Gasteiger partial charge in [0.25, 0.3) is 0 Å². The standard InChI is InChI=1S/C5H8S/c1-2-6-5-3-4(1)5/h4-5H,1-3H2/t4-,5?/m0/s1. The first-order valence-electron chi connectivity index (χ1n) is 2.58. The summed E-state index contributed by atoms with van der Waals surface area (Å²) in [5.41, 5.74) is 0. The van der Waals surface area contributed by atoms with E-state index in [1.165, 1.54) is 18.1 Å². The summed E-state index contributed by atoms with van der Waals surface area (Å²) in [6.07, 6.45) is 3.07. The van der Waals surface area contributed by atoms with Crippen LogP contribution in [0.4, 0.5) is 0 Å². The minimum Gasteiger partial charge on any atom is -0.158 e. The minimum absolute atomic E-state index is 1.13. The fraction of sp³-hybridized carbons (Fsp3) is 1.00. The van der Waals surface area contributed by atoms with Crippen molar-refractivity contribution in [3.8, 4) is 0 Å². The largest absolute Gasteiger partial charge is 0.158 e. The molecule has 0 spiro atoms. The Bertz CT molecular complexity index is 62.3. The molecule has 1 aliphatic heterocycles. The van der Waals surface area contributed by atoms with Crippen molar-refractivity contribution in [1.82, 2.24) is 0 Å². The molecule has 0 aromatic heterocycles. The first-order chi connectivity index (χ1) is 2.97. The molecule has 1 heterocycles. The zero-order valence-corrected chi connectivity index (χ0v) is 4.50. The second-order valence-electron chi connectivity index (χ2n) is 2.19. The van der Waals surface area contributed by atoms with Crippen molar-refractivity contribution in [3.05, 3.63) is 0 Å². The van der Waals surface area contributed by atoms with E-state index < -0.39 is 0 Å². The number of rotatable bonds is 0. The molecule has 1 unspecified atom stereocenters. The van der Waals surface area contributed by atoms with E-state index in [1.807, 2.05) is 0 Å². The van der Waals surface area contributed by atoms with Gasteiger partial charge >= 0.3 is 0 Å². The van der Waals surface area contributed by atoms with Crippen LogP contribution in [0.25, 0.3) is 0 Å². The first-order valence-corrected chi connectivity index (χ1v) is 3.63. The lowest BCUT2D eigenvalue weighted by molar-refractivity contribution is 0.835. The van der Waals surface area contributed by atoms with Crippen LogP contribution in [-0.2, 0) is 0 Å². The highest BCUT2D eigenvalue weighted by atomic mass is 32.2. The van der Waals surface area contributed by atoms with Gasteiger partial charge in [-0.25, -0.2) is 0 Å². The van der Waals surface area contributed by atoms with Gasteiger partial charge in [0.15, 0.2) is 0 Å². The Balaban J connectivity index is 2.09. The van der Waals surface area contributed by atoms with Crippen LogP contribution in [0.2, 0.25) is 0 Å². The van der Waals surface area contributed by atoms with Crippen LogP contribution in [0.1, 0.15) is 12.8 Å². The van der Waals surface area contributed by atoms with Gasteiger partial charge < -0.3 is 0 Å². The van der Waals surface area contributed by atoms with Gasteiger partial charge in [0.05, 0.1) is 0 Å². The smallest absolute Gasteiger partial charge is 0.00790 e. The van der Waals surface area contributed by atoms with E-state index in [1.54, 1.807) is 6.42 Å². The summed E-state index contributed by atoms with van der Waals surface area (Å²) in [7, 11) is 0. The molecule has 0 aromatic carbocycles. The van der Waals surface area contributed by atoms with E-state index >= 15 is 0 Å². The Labute approximate surface area is 42.3 Å². The molecule has 2 aliphatic rings. The Kier molecular flexibility index (Phi) is 0.530. The second kappa shape index (κ2) is 0.945. The third-order valence-corrected chi connectivity index (χ3v) is 3.16. The third-order valence-electron chi connectivity index (χ3n) is 1.68. The Morgan fingerprint density at radius 2 is 2.50 bits per heavy atom. The molecule has 0 nitrogen and oxygen atoms in total. The molecule has 1 aliphatic carbocycles. The van der Waals surface area contributed by atoms with Crippen molar-refractivity contribution in [1.29, 1.82) is 0 Å². The second-order valence-corrected chi connectivity index (χ2v) is 3.54. The van der Waals surface area contributed by atoms with Crippen molar-refractivity contribution in [2.24, 2.45) is 5.92 Å². The van der Waals surface area contributed by atoms with Gasteiger partial charge in [0.1, 0.15) is 0 Å². The summed E-state index contributed by atoms with van der Waals surface area (Å²) in [5.74, 6) is 2.63. The number of thioether (sulfide) groups is 1. The fourth-order valence-electron chi connectivity index (χ4n) is 1.10. The molecule has 0 aromatic rings. The van der Waals surface area contributed by atoms with Crippen LogP contribution >= 0.6 is 11.8 Å². The maximum Gasteiger partial charge on any atom is 0.00790 e. The van der Waals surface area contributed by atoms with Crippen LogP contribution in [0.3, 0.4) is 0 Å². The molecule has 2 rings (SSSR count). The van der Waals surface area contributed by atoms with E-state index in [0.29, 0.717) is 0 Å². The quantitative estimate of drug-likeness (QED) is 0.444. The fourth-order valence-corrected chi connectivity index (χ4v) is 2.63. The van der Waals surface area contributed by atoms with Crippen molar-refractivity contribution in [2.75, 3.05) is 5.75 Å². The monoisotopic (exact) mass is 100 g/mol. The molecule has 1 heteroatoms. The maximum atomic E-state index is 2.17. The molecule has 0 amide bonds. The zero-order valence-electron chi connectivity index (χ0n) is 3.68. The molecule has 0 radical (unpaired) electrons.